The Balaban J connectivity index is 1.21. The van der Waals surface area contributed by atoms with Crippen molar-refractivity contribution in [1.29, 1.82) is 0 Å². The molecular formula is C52H42N2. The molecule has 0 N–H and O–H groups in total. The molecule has 1 aromatic heterocycles. The van der Waals surface area contributed by atoms with Crippen molar-refractivity contribution in [3.8, 4) is 27.9 Å². The first-order chi connectivity index (χ1) is 26.3. The van der Waals surface area contributed by atoms with Crippen LogP contribution in [0.15, 0.2) is 164 Å². The minimum atomic E-state index is -0.238. The molecule has 1 aliphatic carbocycles. The monoisotopic (exact) mass is 694 g/mol. The van der Waals surface area contributed by atoms with E-state index in [9.17, 15) is 0 Å². The fourth-order valence-corrected chi connectivity index (χ4v) is 9.23. The first kappa shape index (κ1) is 32.3. The zero-order valence-corrected chi connectivity index (χ0v) is 31.5. The van der Waals surface area contributed by atoms with Crippen molar-refractivity contribution in [3.63, 3.8) is 0 Å². The van der Waals surface area contributed by atoms with Gasteiger partial charge >= 0.3 is 0 Å². The van der Waals surface area contributed by atoms with Crippen LogP contribution >= 0.6 is 0 Å². The zero-order chi connectivity index (χ0) is 36.7. The van der Waals surface area contributed by atoms with Gasteiger partial charge in [-0.2, -0.15) is 0 Å². The van der Waals surface area contributed by atoms with Crippen LogP contribution in [0.1, 0.15) is 41.7 Å². The third-order valence-corrected chi connectivity index (χ3v) is 11.8. The summed E-state index contributed by atoms with van der Waals surface area (Å²) >= 11 is 0. The second kappa shape index (κ2) is 12.1. The topological polar surface area (TPSA) is 8.17 Å². The van der Waals surface area contributed by atoms with Crippen molar-refractivity contribution in [2.45, 2.75) is 40.0 Å². The van der Waals surface area contributed by atoms with Crippen molar-refractivity contribution in [2.75, 3.05) is 4.90 Å². The van der Waals surface area contributed by atoms with Crippen LogP contribution in [0.2, 0.25) is 0 Å². The van der Waals surface area contributed by atoms with Gasteiger partial charge in [0.05, 0.1) is 22.4 Å². The number of nitrogens with zero attached hydrogens (tertiary/aromatic N) is 2. The standard InChI is InChI=1S/C52H42N2/c1-33-23-27-47-43(29-33)44-30-37(36-17-8-6-9-18-36)24-28-48(44)54(47)49-32-46-50(41-22-13-12-21-40(41)49)42-26-25-39(31-45(42)52(46,4)5)53(38-19-10-7-11-20-38)51-34(2)15-14-16-35(51)3/h6-32H,1-5H3. The SMILES string of the molecule is Cc1ccc2c(c1)c1cc(-c3ccccc3)ccc1n2-c1cc2c(c3ccccc13)-c1ccc(N(c3ccccc3)c3c(C)cccc3C)cc1C2(C)C. The van der Waals surface area contributed by atoms with Crippen LogP contribution in [-0.4, -0.2) is 4.57 Å². The van der Waals surface area contributed by atoms with Crippen LogP contribution in [0.3, 0.4) is 0 Å². The van der Waals surface area contributed by atoms with Gasteiger partial charge in [-0.05, 0) is 125 Å². The molecule has 0 unspecified atom stereocenters. The van der Waals surface area contributed by atoms with Crippen molar-refractivity contribution in [3.05, 3.63) is 192 Å². The van der Waals surface area contributed by atoms with Gasteiger partial charge in [0.25, 0.3) is 0 Å². The molecule has 260 valence electrons. The van der Waals surface area contributed by atoms with E-state index in [1.807, 2.05) is 0 Å². The maximum Gasteiger partial charge on any atom is 0.0544 e. The largest absolute Gasteiger partial charge is 0.310 e. The fourth-order valence-electron chi connectivity index (χ4n) is 9.23. The van der Waals surface area contributed by atoms with E-state index in [2.05, 4.69) is 208 Å². The molecule has 0 aliphatic heterocycles. The second-order valence-corrected chi connectivity index (χ2v) is 15.6. The summed E-state index contributed by atoms with van der Waals surface area (Å²) in [7, 11) is 0. The molecule has 1 aliphatic rings. The molecule has 0 amide bonds. The van der Waals surface area contributed by atoms with Gasteiger partial charge in [0.2, 0.25) is 0 Å². The molecule has 2 nitrogen and oxygen atoms in total. The number of anilines is 3. The number of fused-ring (bicyclic) bond motifs is 8. The molecule has 9 aromatic rings. The van der Waals surface area contributed by atoms with Crippen LogP contribution in [0.25, 0.3) is 60.5 Å². The first-order valence-corrected chi connectivity index (χ1v) is 19.0. The minimum absolute atomic E-state index is 0.238. The summed E-state index contributed by atoms with van der Waals surface area (Å²) in [5.41, 5.74) is 18.7. The molecule has 0 saturated carbocycles. The van der Waals surface area contributed by atoms with Crippen LogP contribution in [0, 0.1) is 20.8 Å². The number of aryl methyl sites for hydroxylation is 3. The number of rotatable bonds is 5. The molecule has 8 aromatic carbocycles. The van der Waals surface area contributed by atoms with Crippen molar-refractivity contribution < 1.29 is 0 Å². The van der Waals surface area contributed by atoms with E-state index >= 15 is 0 Å². The highest BCUT2D eigenvalue weighted by molar-refractivity contribution is 6.13. The molecule has 0 bridgehead atoms. The summed E-state index contributed by atoms with van der Waals surface area (Å²) in [6, 6.07) is 60.7. The van der Waals surface area contributed by atoms with Gasteiger partial charge in [-0.3, -0.25) is 0 Å². The molecule has 1 heterocycles. The first-order valence-electron chi connectivity index (χ1n) is 19.0. The van der Waals surface area contributed by atoms with Gasteiger partial charge in [-0.1, -0.05) is 129 Å². The molecule has 0 saturated heterocycles. The van der Waals surface area contributed by atoms with Gasteiger partial charge in [-0.25, -0.2) is 0 Å². The number of hydrogen-bond donors (Lipinski definition) is 0. The predicted octanol–water partition coefficient (Wildman–Crippen LogP) is 14.3. The quantitative estimate of drug-likeness (QED) is 0.174. The fraction of sp³-hybridized carbons (Fsp3) is 0.115. The van der Waals surface area contributed by atoms with Gasteiger partial charge in [-0.15, -0.1) is 0 Å². The third kappa shape index (κ3) is 4.80. The van der Waals surface area contributed by atoms with E-state index in [-0.39, 0.29) is 5.41 Å². The molecule has 10 rings (SSSR count). The van der Waals surface area contributed by atoms with Gasteiger partial charge in [0, 0.05) is 32.9 Å². The number of benzene rings is 8. The van der Waals surface area contributed by atoms with E-state index in [0.29, 0.717) is 0 Å². The average Bonchev–Trinajstić information content (AvgIpc) is 3.63. The summed E-state index contributed by atoms with van der Waals surface area (Å²) in [6.45, 7) is 11.5. The Morgan fingerprint density at radius 2 is 1.11 bits per heavy atom. The Morgan fingerprint density at radius 3 is 1.85 bits per heavy atom. The average molecular weight is 695 g/mol. The lowest BCUT2D eigenvalue weighted by atomic mass is 9.81. The molecule has 0 atom stereocenters. The summed E-state index contributed by atoms with van der Waals surface area (Å²) < 4.78 is 2.52. The maximum absolute atomic E-state index is 2.52. The van der Waals surface area contributed by atoms with Crippen LogP contribution in [0.5, 0.6) is 0 Å². The molecule has 0 radical (unpaired) electrons. The highest BCUT2D eigenvalue weighted by Gasteiger charge is 2.38. The summed E-state index contributed by atoms with van der Waals surface area (Å²) in [5, 5.41) is 5.12. The molecule has 54 heavy (non-hydrogen) atoms. The Kier molecular flexibility index (Phi) is 7.22. The van der Waals surface area contributed by atoms with E-state index in [0.717, 1.165) is 5.69 Å². The molecular weight excluding hydrogens is 653 g/mol. The smallest absolute Gasteiger partial charge is 0.0544 e. The van der Waals surface area contributed by atoms with Gasteiger partial charge in [0.1, 0.15) is 0 Å². The number of hydrogen-bond acceptors (Lipinski definition) is 1. The van der Waals surface area contributed by atoms with E-state index in [1.165, 1.54) is 99.7 Å². The normalized spacial score (nSPS) is 13.1. The summed E-state index contributed by atoms with van der Waals surface area (Å²) in [4.78, 5) is 2.44. The minimum Gasteiger partial charge on any atom is -0.310 e. The van der Waals surface area contributed by atoms with Crippen molar-refractivity contribution in [1.82, 2.24) is 4.57 Å². The zero-order valence-electron chi connectivity index (χ0n) is 31.5. The lowest BCUT2D eigenvalue weighted by Gasteiger charge is -2.30. The highest BCUT2D eigenvalue weighted by Crippen LogP contribution is 2.54. The number of aromatic nitrogens is 1. The third-order valence-electron chi connectivity index (χ3n) is 11.8. The van der Waals surface area contributed by atoms with Crippen molar-refractivity contribution in [2.24, 2.45) is 0 Å². The Labute approximate surface area is 317 Å². The summed E-state index contributed by atoms with van der Waals surface area (Å²) in [5.74, 6) is 0. The lowest BCUT2D eigenvalue weighted by molar-refractivity contribution is 0.660. The van der Waals surface area contributed by atoms with Crippen LogP contribution < -0.4 is 4.90 Å². The Bertz CT molecular complexity index is 2910. The second-order valence-electron chi connectivity index (χ2n) is 15.6. The van der Waals surface area contributed by atoms with E-state index in [4.69, 9.17) is 0 Å². The highest BCUT2D eigenvalue weighted by atomic mass is 15.1. The number of para-hydroxylation sites is 2. The molecule has 0 spiro atoms. The lowest BCUT2D eigenvalue weighted by Crippen LogP contribution is -2.17. The Morgan fingerprint density at radius 1 is 0.463 bits per heavy atom. The van der Waals surface area contributed by atoms with Crippen LogP contribution in [0.4, 0.5) is 17.1 Å². The van der Waals surface area contributed by atoms with E-state index in [1.54, 1.807) is 0 Å². The molecule has 2 heteroatoms. The van der Waals surface area contributed by atoms with Gasteiger partial charge < -0.3 is 9.47 Å². The van der Waals surface area contributed by atoms with E-state index < -0.39 is 0 Å². The maximum atomic E-state index is 2.52. The Hall–Kier alpha value is -6.38. The van der Waals surface area contributed by atoms with Gasteiger partial charge in [0.15, 0.2) is 0 Å². The van der Waals surface area contributed by atoms with Crippen LogP contribution in [-0.2, 0) is 5.41 Å². The molecule has 0 fully saturated rings. The predicted molar refractivity (Wildman–Crippen MR) is 230 cm³/mol. The summed E-state index contributed by atoms with van der Waals surface area (Å²) in [6.07, 6.45) is 0. The van der Waals surface area contributed by atoms with Crippen molar-refractivity contribution >= 4 is 49.6 Å².